The number of methoxy groups -OCH3 is 3. The van der Waals surface area contributed by atoms with Crippen molar-refractivity contribution in [3.05, 3.63) is 52.6 Å². The van der Waals surface area contributed by atoms with E-state index in [1.54, 1.807) is 30.3 Å². The Bertz CT molecular complexity index is 1100. The third-order valence-electron chi connectivity index (χ3n) is 5.14. The molecule has 0 saturated carbocycles. The Morgan fingerprint density at radius 1 is 1.03 bits per heavy atom. The number of carbonyl (C=O) groups is 3. The Labute approximate surface area is 185 Å². The predicted molar refractivity (Wildman–Crippen MR) is 114 cm³/mol. The maximum absolute atomic E-state index is 12.6. The molecule has 0 spiro atoms. The van der Waals surface area contributed by atoms with Gasteiger partial charge in [-0.15, -0.1) is 0 Å². The van der Waals surface area contributed by atoms with Crippen molar-refractivity contribution in [1.82, 2.24) is 10.2 Å². The number of nitriles is 1. The van der Waals surface area contributed by atoms with Gasteiger partial charge in [0.2, 0.25) is 11.7 Å². The van der Waals surface area contributed by atoms with Gasteiger partial charge >= 0.3 is 0 Å². The molecule has 0 aliphatic carbocycles. The Morgan fingerprint density at radius 3 is 2.22 bits per heavy atom. The molecule has 1 atom stereocenters. The number of carbonyl (C=O) groups excluding carboxylic acids is 3. The van der Waals surface area contributed by atoms with Gasteiger partial charge in [0.25, 0.3) is 11.8 Å². The van der Waals surface area contributed by atoms with Crippen molar-refractivity contribution in [2.45, 2.75) is 19.4 Å². The van der Waals surface area contributed by atoms with Crippen LogP contribution < -0.4 is 19.5 Å². The van der Waals surface area contributed by atoms with Gasteiger partial charge in [0, 0.05) is 13.0 Å². The highest BCUT2D eigenvalue weighted by molar-refractivity contribution is 6.21. The summed E-state index contributed by atoms with van der Waals surface area (Å²) in [6, 6.07) is 9.20. The maximum atomic E-state index is 12.6. The zero-order valence-corrected chi connectivity index (χ0v) is 18.2. The van der Waals surface area contributed by atoms with Crippen molar-refractivity contribution in [2.75, 3.05) is 27.9 Å². The fourth-order valence-corrected chi connectivity index (χ4v) is 3.51. The maximum Gasteiger partial charge on any atom is 0.261 e. The van der Waals surface area contributed by atoms with Gasteiger partial charge in [-0.1, -0.05) is 11.6 Å². The summed E-state index contributed by atoms with van der Waals surface area (Å²) in [5.74, 6) is -0.293. The van der Waals surface area contributed by atoms with Crippen LogP contribution in [-0.4, -0.2) is 50.5 Å². The summed E-state index contributed by atoms with van der Waals surface area (Å²) in [7, 11) is 4.36. The first-order valence-corrected chi connectivity index (χ1v) is 9.80. The molecule has 1 unspecified atom stereocenters. The molecule has 1 aliphatic heterocycles. The highest BCUT2D eigenvalue weighted by Gasteiger charge is 2.35. The minimum absolute atomic E-state index is 0.0926. The average Bonchev–Trinajstić information content (AvgIpc) is 3.03. The van der Waals surface area contributed by atoms with Crippen molar-refractivity contribution in [3.8, 4) is 23.3 Å². The van der Waals surface area contributed by atoms with Crippen LogP contribution in [0.1, 0.15) is 44.3 Å². The number of imide groups is 1. The second-order valence-corrected chi connectivity index (χ2v) is 7.15. The lowest BCUT2D eigenvalue weighted by atomic mass is 10.1. The number of benzene rings is 2. The van der Waals surface area contributed by atoms with Crippen molar-refractivity contribution in [2.24, 2.45) is 0 Å². The monoisotopic (exact) mass is 437 g/mol. The smallest absolute Gasteiger partial charge is 0.261 e. The molecule has 3 rings (SSSR count). The Hall–Kier alpha value is -4.06. The van der Waals surface area contributed by atoms with Crippen LogP contribution >= 0.6 is 0 Å². The Kier molecular flexibility index (Phi) is 6.64. The summed E-state index contributed by atoms with van der Waals surface area (Å²) in [4.78, 5) is 38.6. The average molecular weight is 437 g/mol. The van der Waals surface area contributed by atoms with Crippen LogP contribution in [-0.2, 0) is 4.79 Å². The summed E-state index contributed by atoms with van der Waals surface area (Å²) in [5.41, 5.74) is 1.97. The van der Waals surface area contributed by atoms with E-state index in [2.05, 4.69) is 5.32 Å². The van der Waals surface area contributed by atoms with Gasteiger partial charge in [-0.3, -0.25) is 19.3 Å². The molecule has 32 heavy (non-hydrogen) atoms. The normalized spacial score (nSPS) is 13.3. The standard InChI is InChI=1S/C23H23N3O6/c1-13-5-6-15-16(9-13)23(29)26(22(15)28)8-7-20(27)25-17(12-24)14-10-18(30-2)21(32-4)19(11-14)31-3/h5-6,9-11,17H,7-8H2,1-4H3,(H,25,27). The van der Waals surface area contributed by atoms with Gasteiger partial charge in [-0.05, 0) is 36.8 Å². The molecule has 1 aliphatic rings. The van der Waals surface area contributed by atoms with Gasteiger partial charge in [0.1, 0.15) is 6.04 Å². The molecule has 9 nitrogen and oxygen atoms in total. The van der Waals surface area contributed by atoms with E-state index in [1.165, 1.54) is 21.3 Å². The molecule has 1 heterocycles. The van der Waals surface area contributed by atoms with Crippen molar-refractivity contribution in [3.63, 3.8) is 0 Å². The van der Waals surface area contributed by atoms with E-state index in [1.807, 2.05) is 13.0 Å². The van der Waals surface area contributed by atoms with E-state index >= 15 is 0 Å². The number of nitrogens with one attached hydrogen (secondary N) is 1. The number of aryl methyl sites for hydroxylation is 1. The number of nitrogens with zero attached hydrogens (tertiary/aromatic N) is 2. The summed E-state index contributed by atoms with van der Waals surface area (Å²) >= 11 is 0. The van der Waals surface area contributed by atoms with E-state index in [9.17, 15) is 19.6 Å². The van der Waals surface area contributed by atoms with Crippen molar-refractivity contribution >= 4 is 17.7 Å². The number of rotatable bonds is 8. The first-order valence-electron chi connectivity index (χ1n) is 9.80. The number of fused-ring (bicyclic) bond motifs is 1. The number of ether oxygens (including phenoxy) is 3. The topological polar surface area (TPSA) is 118 Å². The molecule has 2 aromatic rings. The van der Waals surface area contributed by atoms with Crippen LogP contribution in [0.3, 0.4) is 0 Å². The summed E-state index contributed by atoms with van der Waals surface area (Å²) < 4.78 is 15.8. The summed E-state index contributed by atoms with van der Waals surface area (Å²) in [5, 5.41) is 12.2. The van der Waals surface area contributed by atoms with E-state index in [0.717, 1.165) is 10.5 Å². The lowest BCUT2D eigenvalue weighted by Gasteiger charge is -2.18. The summed E-state index contributed by atoms with van der Waals surface area (Å²) in [6.45, 7) is 1.74. The minimum atomic E-state index is -0.999. The second-order valence-electron chi connectivity index (χ2n) is 7.15. The number of hydrogen-bond donors (Lipinski definition) is 1. The highest BCUT2D eigenvalue weighted by Crippen LogP contribution is 2.39. The molecule has 0 bridgehead atoms. The zero-order valence-electron chi connectivity index (χ0n) is 18.2. The minimum Gasteiger partial charge on any atom is -0.493 e. The van der Waals surface area contributed by atoms with Gasteiger partial charge in [-0.25, -0.2) is 0 Å². The van der Waals surface area contributed by atoms with Crippen LogP contribution in [0.2, 0.25) is 0 Å². The van der Waals surface area contributed by atoms with Crippen molar-refractivity contribution < 1.29 is 28.6 Å². The van der Waals surface area contributed by atoms with E-state index in [0.29, 0.717) is 33.9 Å². The van der Waals surface area contributed by atoms with Gasteiger partial charge < -0.3 is 19.5 Å². The fraction of sp³-hybridized carbons (Fsp3) is 0.304. The molecule has 9 heteroatoms. The first-order chi connectivity index (χ1) is 15.3. The highest BCUT2D eigenvalue weighted by atomic mass is 16.5. The Morgan fingerprint density at radius 2 is 1.66 bits per heavy atom. The molecule has 0 saturated heterocycles. The van der Waals surface area contributed by atoms with Crippen LogP contribution in [0.5, 0.6) is 17.2 Å². The van der Waals surface area contributed by atoms with E-state index < -0.39 is 23.8 Å². The largest absolute Gasteiger partial charge is 0.493 e. The lowest BCUT2D eigenvalue weighted by molar-refractivity contribution is -0.121. The van der Waals surface area contributed by atoms with Crippen molar-refractivity contribution in [1.29, 1.82) is 5.26 Å². The molecule has 2 aromatic carbocycles. The van der Waals surface area contributed by atoms with Gasteiger partial charge in [0.05, 0.1) is 38.5 Å². The SMILES string of the molecule is COc1cc(C(C#N)NC(=O)CCN2C(=O)c3ccc(C)cc3C2=O)cc(OC)c1OC. The first kappa shape index (κ1) is 22.6. The fourth-order valence-electron chi connectivity index (χ4n) is 3.51. The second kappa shape index (κ2) is 9.39. The van der Waals surface area contributed by atoms with Crippen LogP contribution in [0, 0.1) is 18.3 Å². The van der Waals surface area contributed by atoms with E-state index in [4.69, 9.17) is 14.2 Å². The van der Waals surface area contributed by atoms with Crippen LogP contribution in [0.25, 0.3) is 0 Å². The molecule has 0 aromatic heterocycles. The molecule has 0 radical (unpaired) electrons. The van der Waals surface area contributed by atoms with Gasteiger partial charge in [0.15, 0.2) is 11.5 Å². The quantitative estimate of drug-likeness (QED) is 0.630. The van der Waals surface area contributed by atoms with E-state index in [-0.39, 0.29) is 13.0 Å². The predicted octanol–water partition coefficient (Wildman–Crippen LogP) is 2.39. The zero-order chi connectivity index (χ0) is 23.4. The molecule has 3 amide bonds. The Balaban J connectivity index is 1.70. The molecular formula is C23H23N3O6. The number of hydrogen-bond acceptors (Lipinski definition) is 7. The van der Waals surface area contributed by atoms with Crippen LogP contribution in [0.15, 0.2) is 30.3 Å². The summed E-state index contributed by atoms with van der Waals surface area (Å²) in [6.07, 6.45) is -0.146. The van der Waals surface area contributed by atoms with Gasteiger partial charge in [-0.2, -0.15) is 5.26 Å². The molecule has 0 fully saturated rings. The molecule has 166 valence electrons. The third kappa shape index (κ3) is 4.21. The lowest BCUT2D eigenvalue weighted by Crippen LogP contribution is -2.35. The van der Waals surface area contributed by atoms with Crippen LogP contribution in [0.4, 0.5) is 0 Å². The molecule has 1 N–H and O–H groups in total. The third-order valence-corrected chi connectivity index (χ3v) is 5.14. The number of amides is 3. The molecular weight excluding hydrogens is 414 g/mol.